The van der Waals surface area contributed by atoms with E-state index in [1.165, 1.54) is 36.8 Å². The number of carbonyl (C=O) groups excluding carboxylic acids is 1. The summed E-state index contributed by atoms with van der Waals surface area (Å²) in [5.41, 5.74) is 5.08. The van der Waals surface area contributed by atoms with Gasteiger partial charge in [0.05, 0.1) is 5.69 Å². The number of aromatic nitrogens is 2. The average molecular weight is 311 g/mol. The van der Waals surface area contributed by atoms with Crippen molar-refractivity contribution in [2.24, 2.45) is 13.0 Å². The van der Waals surface area contributed by atoms with Crippen LogP contribution in [0.3, 0.4) is 0 Å². The van der Waals surface area contributed by atoms with Crippen LogP contribution in [0.25, 0.3) is 11.3 Å². The van der Waals surface area contributed by atoms with Gasteiger partial charge in [-0.15, -0.1) is 0 Å². The average Bonchev–Trinajstić information content (AvgIpc) is 3.17. The van der Waals surface area contributed by atoms with E-state index in [0.717, 1.165) is 17.8 Å². The van der Waals surface area contributed by atoms with Gasteiger partial charge in [0.25, 0.3) is 5.91 Å². The van der Waals surface area contributed by atoms with E-state index in [-0.39, 0.29) is 5.91 Å². The van der Waals surface area contributed by atoms with E-state index in [2.05, 4.69) is 42.5 Å². The molecule has 1 saturated carbocycles. The summed E-state index contributed by atoms with van der Waals surface area (Å²) in [4.78, 5) is 12.3. The van der Waals surface area contributed by atoms with Crippen molar-refractivity contribution in [3.05, 3.63) is 41.1 Å². The van der Waals surface area contributed by atoms with Crippen LogP contribution in [-0.4, -0.2) is 22.2 Å². The molecule has 0 saturated heterocycles. The van der Waals surface area contributed by atoms with Crippen LogP contribution in [0.1, 0.15) is 47.3 Å². The fourth-order valence-corrected chi connectivity index (χ4v) is 3.29. The molecular formula is C19H25N3O. The number of aryl methyl sites for hydroxylation is 3. The quantitative estimate of drug-likeness (QED) is 0.937. The second-order valence-electron chi connectivity index (χ2n) is 6.70. The highest BCUT2D eigenvalue weighted by molar-refractivity contribution is 5.93. The smallest absolute Gasteiger partial charge is 0.271 e. The first kappa shape index (κ1) is 15.8. The zero-order valence-corrected chi connectivity index (χ0v) is 14.2. The van der Waals surface area contributed by atoms with Crippen molar-refractivity contribution in [1.82, 2.24) is 15.1 Å². The Morgan fingerprint density at radius 2 is 1.96 bits per heavy atom. The summed E-state index contributed by atoms with van der Waals surface area (Å²) in [6, 6.07) is 8.22. The Morgan fingerprint density at radius 1 is 1.22 bits per heavy atom. The number of benzene rings is 1. The van der Waals surface area contributed by atoms with Crippen molar-refractivity contribution in [2.45, 2.75) is 39.5 Å². The van der Waals surface area contributed by atoms with Crippen LogP contribution < -0.4 is 5.32 Å². The molecule has 1 fully saturated rings. The number of hydrogen-bond acceptors (Lipinski definition) is 2. The lowest BCUT2D eigenvalue weighted by Crippen LogP contribution is -2.28. The third kappa shape index (κ3) is 3.46. The SMILES string of the molecule is Cc1ccc(-c2cc(C(=O)NCC3CCCC3)nn2C)cc1C. The van der Waals surface area contributed by atoms with Crippen LogP contribution in [0, 0.1) is 19.8 Å². The van der Waals surface area contributed by atoms with E-state index in [1.807, 2.05) is 13.1 Å². The van der Waals surface area contributed by atoms with Crippen LogP contribution >= 0.6 is 0 Å². The Morgan fingerprint density at radius 3 is 2.65 bits per heavy atom. The lowest BCUT2D eigenvalue weighted by Gasteiger charge is -2.09. The molecule has 4 heteroatoms. The summed E-state index contributed by atoms with van der Waals surface area (Å²) in [6.45, 7) is 4.98. The molecule has 122 valence electrons. The minimum absolute atomic E-state index is 0.0671. The minimum Gasteiger partial charge on any atom is -0.350 e. The molecule has 0 atom stereocenters. The Labute approximate surface area is 137 Å². The first-order chi connectivity index (χ1) is 11.0. The maximum atomic E-state index is 12.3. The maximum Gasteiger partial charge on any atom is 0.271 e. The molecule has 0 radical (unpaired) electrons. The van der Waals surface area contributed by atoms with Crippen molar-refractivity contribution < 1.29 is 4.79 Å². The minimum atomic E-state index is -0.0671. The zero-order valence-electron chi connectivity index (χ0n) is 14.2. The standard InChI is InChI=1S/C19H25N3O/c1-13-8-9-16(10-14(13)2)18-11-17(21-22(18)3)19(23)20-12-15-6-4-5-7-15/h8-11,15H,4-7,12H2,1-3H3,(H,20,23). The molecule has 1 aromatic heterocycles. The number of nitrogens with one attached hydrogen (secondary N) is 1. The summed E-state index contributed by atoms with van der Waals surface area (Å²) in [5, 5.41) is 7.43. The lowest BCUT2D eigenvalue weighted by molar-refractivity contribution is 0.0941. The molecule has 1 aromatic carbocycles. The first-order valence-corrected chi connectivity index (χ1v) is 8.44. The highest BCUT2D eigenvalue weighted by atomic mass is 16.1. The maximum absolute atomic E-state index is 12.3. The molecule has 1 N–H and O–H groups in total. The molecule has 2 aromatic rings. The van der Waals surface area contributed by atoms with Gasteiger partial charge in [-0.2, -0.15) is 5.10 Å². The summed E-state index contributed by atoms with van der Waals surface area (Å²) in [5.74, 6) is 0.574. The fourth-order valence-electron chi connectivity index (χ4n) is 3.29. The van der Waals surface area contributed by atoms with Crippen LogP contribution in [-0.2, 0) is 7.05 Å². The van der Waals surface area contributed by atoms with Crippen LogP contribution in [0.15, 0.2) is 24.3 Å². The predicted octanol–water partition coefficient (Wildman–Crippen LogP) is 3.62. The summed E-state index contributed by atoms with van der Waals surface area (Å²) >= 11 is 0. The van der Waals surface area contributed by atoms with Gasteiger partial charge in [-0.25, -0.2) is 0 Å². The Kier molecular flexibility index (Phi) is 4.51. The second-order valence-corrected chi connectivity index (χ2v) is 6.70. The molecule has 3 rings (SSSR count). The highest BCUT2D eigenvalue weighted by Gasteiger charge is 2.18. The lowest BCUT2D eigenvalue weighted by atomic mass is 10.0. The second kappa shape index (κ2) is 6.57. The van der Waals surface area contributed by atoms with Gasteiger partial charge in [0, 0.05) is 19.2 Å². The topological polar surface area (TPSA) is 46.9 Å². The predicted molar refractivity (Wildman–Crippen MR) is 92.4 cm³/mol. The van der Waals surface area contributed by atoms with E-state index in [1.54, 1.807) is 4.68 Å². The normalized spacial score (nSPS) is 15.1. The largest absolute Gasteiger partial charge is 0.350 e. The molecule has 0 unspecified atom stereocenters. The van der Waals surface area contributed by atoms with E-state index < -0.39 is 0 Å². The Balaban J connectivity index is 1.74. The molecule has 4 nitrogen and oxygen atoms in total. The van der Waals surface area contributed by atoms with Crippen molar-refractivity contribution in [2.75, 3.05) is 6.54 Å². The van der Waals surface area contributed by atoms with Gasteiger partial charge >= 0.3 is 0 Å². The third-order valence-corrected chi connectivity index (χ3v) is 4.94. The number of rotatable bonds is 4. The van der Waals surface area contributed by atoms with Crippen molar-refractivity contribution >= 4 is 5.91 Å². The van der Waals surface area contributed by atoms with Gasteiger partial charge in [-0.1, -0.05) is 25.0 Å². The number of amides is 1. The van der Waals surface area contributed by atoms with E-state index in [4.69, 9.17) is 0 Å². The van der Waals surface area contributed by atoms with Gasteiger partial charge in [0.2, 0.25) is 0 Å². The summed E-state index contributed by atoms with van der Waals surface area (Å²) < 4.78 is 1.79. The molecule has 1 amide bonds. The van der Waals surface area contributed by atoms with Gasteiger partial charge < -0.3 is 5.32 Å². The molecule has 0 spiro atoms. The Bertz CT molecular complexity index is 711. The van der Waals surface area contributed by atoms with Gasteiger partial charge in [-0.3, -0.25) is 9.48 Å². The van der Waals surface area contributed by atoms with Crippen LogP contribution in [0.5, 0.6) is 0 Å². The molecule has 23 heavy (non-hydrogen) atoms. The molecule has 1 aliphatic carbocycles. The number of hydrogen-bond donors (Lipinski definition) is 1. The molecule has 1 heterocycles. The van der Waals surface area contributed by atoms with Gasteiger partial charge in [0.15, 0.2) is 5.69 Å². The van der Waals surface area contributed by atoms with Crippen LogP contribution in [0.4, 0.5) is 0 Å². The highest BCUT2D eigenvalue weighted by Crippen LogP contribution is 2.24. The Hall–Kier alpha value is -2.10. The van der Waals surface area contributed by atoms with E-state index >= 15 is 0 Å². The third-order valence-electron chi connectivity index (χ3n) is 4.94. The summed E-state index contributed by atoms with van der Waals surface area (Å²) in [6.07, 6.45) is 5.05. The van der Waals surface area contributed by atoms with E-state index in [0.29, 0.717) is 11.6 Å². The summed E-state index contributed by atoms with van der Waals surface area (Å²) in [7, 11) is 1.89. The number of carbonyl (C=O) groups is 1. The number of nitrogens with zero attached hydrogens (tertiary/aromatic N) is 2. The van der Waals surface area contributed by atoms with Crippen molar-refractivity contribution in [3.63, 3.8) is 0 Å². The van der Waals surface area contributed by atoms with Gasteiger partial charge in [-0.05, 0) is 55.9 Å². The molecule has 1 aliphatic rings. The van der Waals surface area contributed by atoms with Gasteiger partial charge in [0.1, 0.15) is 0 Å². The fraction of sp³-hybridized carbons (Fsp3) is 0.474. The first-order valence-electron chi connectivity index (χ1n) is 8.44. The monoisotopic (exact) mass is 311 g/mol. The molecule has 0 bridgehead atoms. The zero-order chi connectivity index (χ0) is 16.4. The van der Waals surface area contributed by atoms with Crippen molar-refractivity contribution in [3.8, 4) is 11.3 Å². The molecule has 0 aliphatic heterocycles. The molecular weight excluding hydrogens is 286 g/mol. The van der Waals surface area contributed by atoms with Crippen molar-refractivity contribution in [1.29, 1.82) is 0 Å². The van der Waals surface area contributed by atoms with Crippen LogP contribution in [0.2, 0.25) is 0 Å². The van der Waals surface area contributed by atoms with E-state index in [9.17, 15) is 4.79 Å².